The maximum absolute atomic E-state index is 12.3. The first-order chi connectivity index (χ1) is 8.23. The maximum atomic E-state index is 12.3. The molecule has 3 unspecified atom stereocenters. The van der Waals surface area contributed by atoms with Crippen LogP contribution in [0.25, 0.3) is 0 Å². The van der Waals surface area contributed by atoms with E-state index in [2.05, 4.69) is 0 Å². The highest BCUT2D eigenvalue weighted by Crippen LogP contribution is 2.53. The van der Waals surface area contributed by atoms with Crippen LogP contribution >= 0.6 is 43.1 Å². The van der Waals surface area contributed by atoms with Crippen LogP contribution in [0, 0.1) is 0 Å². The monoisotopic (exact) mass is 314 g/mol. The Balaban J connectivity index is 1.45. The molecule has 0 aromatic carbocycles. The Bertz CT molecular complexity index is 270. The van der Waals surface area contributed by atoms with Gasteiger partial charge in [-0.2, -0.15) is 35.3 Å². The molecule has 0 amide bonds. The number of hydrogen-bond acceptors (Lipinski definition) is 7. The minimum absolute atomic E-state index is 0.484. The summed E-state index contributed by atoms with van der Waals surface area (Å²) in [7, 11) is -3.30. The largest absolute Gasteiger partial charge is 0.474 e. The lowest BCUT2D eigenvalue weighted by atomic mass is 10.5. The molecule has 3 fully saturated rings. The topological polar surface area (TPSA) is 44.8 Å². The predicted octanol–water partition coefficient (Wildman–Crippen LogP) is 2.49. The summed E-state index contributed by atoms with van der Waals surface area (Å²) in [4.78, 5) is 0. The van der Waals surface area contributed by atoms with E-state index in [1.165, 1.54) is 0 Å². The van der Waals surface area contributed by atoms with Gasteiger partial charge in [0.2, 0.25) is 0 Å². The smallest absolute Gasteiger partial charge is 0.286 e. The second-order valence-electron chi connectivity index (χ2n) is 4.20. The lowest BCUT2D eigenvalue weighted by molar-refractivity contribution is 0.120. The SMILES string of the molecule is O=P(OCC1CS1)(OCC1CS1)OCC1CS1. The summed E-state index contributed by atoms with van der Waals surface area (Å²) in [5, 5.41) is 1.46. The van der Waals surface area contributed by atoms with Crippen molar-refractivity contribution in [2.75, 3.05) is 37.1 Å². The molecule has 4 nitrogen and oxygen atoms in total. The molecular weight excluding hydrogens is 299 g/mol. The van der Waals surface area contributed by atoms with E-state index in [1.54, 1.807) is 0 Å². The van der Waals surface area contributed by atoms with Gasteiger partial charge in [0.15, 0.2) is 0 Å². The van der Waals surface area contributed by atoms with Crippen LogP contribution in [-0.2, 0) is 18.1 Å². The fourth-order valence-electron chi connectivity index (χ4n) is 1.13. The molecule has 0 aliphatic carbocycles. The average Bonchev–Trinajstić information content (AvgIpc) is 3.17. The molecule has 8 heteroatoms. The fraction of sp³-hybridized carbons (Fsp3) is 1.00. The zero-order chi connectivity index (χ0) is 11.7. The highest BCUT2D eigenvalue weighted by Gasteiger charge is 2.36. The van der Waals surface area contributed by atoms with Crippen LogP contribution in [0.4, 0.5) is 0 Å². The van der Waals surface area contributed by atoms with Crippen molar-refractivity contribution >= 4 is 43.1 Å². The zero-order valence-electron chi connectivity index (χ0n) is 9.28. The van der Waals surface area contributed by atoms with Crippen LogP contribution < -0.4 is 0 Å². The first kappa shape index (κ1) is 13.2. The Hall–Kier alpha value is 1.16. The molecule has 3 atom stereocenters. The van der Waals surface area contributed by atoms with Crippen molar-refractivity contribution in [1.82, 2.24) is 0 Å². The molecule has 0 spiro atoms. The molecule has 0 bridgehead atoms. The van der Waals surface area contributed by atoms with Crippen LogP contribution in [-0.4, -0.2) is 52.8 Å². The Kier molecular flexibility index (Phi) is 4.37. The summed E-state index contributed by atoms with van der Waals surface area (Å²) < 4.78 is 28.5. The third kappa shape index (κ3) is 4.97. The van der Waals surface area contributed by atoms with E-state index in [0.717, 1.165) is 17.3 Å². The molecule has 0 N–H and O–H groups in total. The molecule has 98 valence electrons. The molecule has 17 heavy (non-hydrogen) atoms. The normalized spacial score (nSPS) is 37.5. The summed E-state index contributed by atoms with van der Waals surface area (Å²) >= 11 is 5.45. The highest BCUT2D eigenvalue weighted by atomic mass is 32.2. The van der Waals surface area contributed by atoms with E-state index >= 15 is 0 Å². The van der Waals surface area contributed by atoms with Gasteiger partial charge in [-0.3, -0.25) is 13.6 Å². The van der Waals surface area contributed by atoms with Crippen LogP contribution in [0.2, 0.25) is 0 Å². The van der Waals surface area contributed by atoms with Gasteiger partial charge in [0.1, 0.15) is 0 Å². The Morgan fingerprint density at radius 2 is 1.12 bits per heavy atom. The van der Waals surface area contributed by atoms with Crippen molar-refractivity contribution < 1.29 is 18.1 Å². The van der Waals surface area contributed by atoms with E-state index in [0.29, 0.717) is 35.6 Å². The van der Waals surface area contributed by atoms with Crippen molar-refractivity contribution in [2.45, 2.75) is 15.7 Å². The second-order valence-corrected chi connectivity index (χ2v) is 9.87. The van der Waals surface area contributed by atoms with Crippen molar-refractivity contribution in [1.29, 1.82) is 0 Å². The third-order valence-corrected chi connectivity index (χ3v) is 6.68. The van der Waals surface area contributed by atoms with Crippen LogP contribution in [0.15, 0.2) is 0 Å². The van der Waals surface area contributed by atoms with Crippen molar-refractivity contribution in [3.8, 4) is 0 Å². The highest BCUT2D eigenvalue weighted by molar-refractivity contribution is 8.07. The van der Waals surface area contributed by atoms with Crippen molar-refractivity contribution in [3.05, 3.63) is 0 Å². The Morgan fingerprint density at radius 1 is 0.824 bits per heavy atom. The first-order valence-electron chi connectivity index (χ1n) is 5.62. The maximum Gasteiger partial charge on any atom is 0.474 e. The van der Waals surface area contributed by atoms with Gasteiger partial charge in [0.05, 0.1) is 19.8 Å². The summed E-state index contributed by atoms with van der Waals surface area (Å²) in [6.07, 6.45) is 0. The molecule has 3 aliphatic rings. The predicted molar refractivity (Wildman–Crippen MR) is 74.2 cm³/mol. The van der Waals surface area contributed by atoms with Gasteiger partial charge >= 0.3 is 7.82 Å². The van der Waals surface area contributed by atoms with Crippen LogP contribution in [0.5, 0.6) is 0 Å². The molecule has 3 saturated heterocycles. The van der Waals surface area contributed by atoms with Crippen molar-refractivity contribution in [2.24, 2.45) is 0 Å². The number of phosphoric ester groups is 1. The molecule has 3 rings (SSSR count). The van der Waals surface area contributed by atoms with Crippen molar-refractivity contribution in [3.63, 3.8) is 0 Å². The third-order valence-electron chi connectivity index (χ3n) is 2.46. The van der Waals surface area contributed by atoms with Crippen LogP contribution in [0.1, 0.15) is 0 Å². The molecule has 0 saturated carbocycles. The minimum Gasteiger partial charge on any atom is -0.286 e. The van der Waals surface area contributed by atoms with E-state index in [4.69, 9.17) is 13.6 Å². The summed E-state index contributed by atoms with van der Waals surface area (Å²) in [6, 6.07) is 0. The molecule has 0 aromatic heterocycles. The second kappa shape index (κ2) is 5.65. The summed E-state index contributed by atoms with van der Waals surface area (Å²) in [6.45, 7) is 1.45. The summed E-state index contributed by atoms with van der Waals surface area (Å²) in [5.41, 5.74) is 0. The number of thioether (sulfide) groups is 3. The van der Waals surface area contributed by atoms with Gasteiger partial charge in [-0.05, 0) is 0 Å². The van der Waals surface area contributed by atoms with Gasteiger partial charge in [-0.15, -0.1) is 0 Å². The fourth-order valence-corrected chi connectivity index (χ4v) is 3.93. The number of hydrogen-bond donors (Lipinski definition) is 0. The number of phosphoric acid groups is 1. The Morgan fingerprint density at radius 3 is 1.35 bits per heavy atom. The van der Waals surface area contributed by atoms with Gasteiger partial charge in [-0.25, -0.2) is 4.57 Å². The van der Waals surface area contributed by atoms with Gasteiger partial charge in [0.25, 0.3) is 0 Å². The molecule has 0 radical (unpaired) electrons. The molecular formula is C9H15O4PS3. The first-order valence-corrected chi connectivity index (χ1v) is 10.2. The lowest BCUT2D eigenvalue weighted by Gasteiger charge is -2.17. The van der Waals surface area contributed by atoms with Gasteiger partial charge in [0, 0.05) is 33.0 Å². The lowest BCUT2D eigenvalue weighted by Crippen LogP contribution is -2.09. The van der Waals surface area contributed by atoms with Gasteiger partial charge in [-0.1, -0.05) is 0 Å². The minimum atomic E-state index is -3.30. The average molecular weight is 314 g/mol. The summed E-state index contributed by atoms with van der Waals surface area (Å²) in [5.74, 6) is 3.28. The Labute approximate surface area is 114 Å². The van der Waals surface area contributed by atoms with E-state index in [-0.39, 0.29) is 0 Å². The zero-order valence-corrected chi connectivity index (χ0v) is 12.6. The van der Waals surface area contributed by atoms with Gasteiger partial charge < -0.3 is 0 Å². The quantitative estimate of drug-likeness (QED) is 0.478. The van der Waals surface area contributed by atoms with E-state index in [9.17, 15) is 4.57 Å². The number of rotatable bonds is 9. The molecule has 0 aromatic rings. The molecule has 3 aliphatic heterocycles. The van der Waals surface area contributed by atoms with E-state index < -0.39 is 7.82 Å². The standard InChI is InChI=1S/C9H15O4PS3/c10-14(11-1-7-4-15-7,12-2-8-5-16-8)13-3-9-6-17-9/h7-9H,1-6H2. The van der Waals surface area contributed by atoms with Crippen LogP contribution in [0.3, 0.4) is 0 Å². The molecule has 3 heterocycles. The van der Waals surface area contributed by atoms with E-state index in [1.807, 2.05) is 35.3 Å².